The Balaban J connectivity index is 2.33. The molecule has 2 heterocycles. The molecule has 1 saturated heterocycles. The average Bonchev–Trinajstić information content (AvgIpc) is 2.77. The molecule has 0 N–H and O–H groups in total. The summed E-state index contributed by atoms with van der Waals surface area (Å²) < 4.78 is 38.8. The standard InChI is InChI=1S/C12H14ClF3N2/c13-6-5-9-3-2-8-18(9)11-10(12(14,15)16)4-1-7-17-11/h1,4,7,9H,2-3,5-6,8H2. The van der Waals surface area contributed by atoms with Crippen molar-refractivity contribution in [2.45, 2.75) is 31.5 Å². The summed E-state index contributed by atoms with van der Waals surface area (Å²) in [7, 11) is 0. The SMILES string of the molecule is FC(F)(F)c1cccnc1N1CCCC1CCCl. The number of anilines is 1. The van der Waals surface area contributed by atoms with Gasteiger partial charge in [0.25, 0.3) is 0 Å². The minimum Gasteiger partial charge on any atom is -0.353 e. The van der Waals surface area contributed by atoms with E-state index in [9.17, 15) is 13.2 Å². The molecule has 1 unspecified atom stereocenters. The molecule has 0 radical (unpaired) electrons. The predicted octanol–water partition coefficient (Wildman–Crippen LogP) is 3.70. The molecule has 1 aliphatic heterocycles. The van der Waals surface area contributed by atoms with Crippen molar-refractivity contribution in [3.63, 3.8) is 0 Å². The van der Waals surface area contributed by atoms with Crippen molar-refractivity contribution in [2.24, 2.45) is 0 Å². The van der Waals surface area contributed by atoms with Gasteiger partial charge in [0.1, 0.15) is 5.82 Å². The van der Waals surface area contributed by atoms with Gasteiger partial charge < -0.3 is 4.90 Å². The number of hydrogen-bond donors (Lipinski definition) is 0. The van der Waals surface area contributed by atoms with E-state index in [4.69, 9.17) is 11.6 Å². The summed E-state index contributed by atoms with van der Waals surface area (Å²) in [5, 5.41) is 0. The highest BCUT2D eigenvalue weighted by atomic mass is 35.5. The predicted molar refractivity (Wildman–Crippen MR) is 64.9 cm³/mol. The number of rotatable bonds is 3. The van der Waals surface area contributed by atoms with Crippen molar-refractivity contribution in [3.05, 3.63) is 23.9 Å². The van der Waals surface area contributed by atoms with Crippen molar-refractivity contribution in [1.82, 2.24) is 4.98 Å². The second-order valence-corrected chi connectivity index (χ2v) is 4.72. The number of halogens is 4. The summed E-state index contributed by atoms with van der Waals surface area (Å²) in [6.07, 6.45) is -0.510. The van der Waals surface area contributed by atoms with Crippen LogP contribution in [0.1, 0.15) is 24.8 Å². The van der Waals surface area contributed by atoms with Gasteiger partial charge >= 0.3 is 6.18 Å². The summed E-state index contributed by atoms with van der Waals surface area (Å²) in [6.45, 7) is 0.613. The topological polar surface area (TPSA) is 16.1 Å². The molecular formula is C12H14ClF3N2. The van der Waals surface area contributed by atoms with E-state index in [2.05, 4.69) is 4.98 Å². The van der Waals surface area contributed by atoms with Crippen LogP contribution in [0.15, 0.2) is 18.3 Å². The van der Waals surface area contributed by atoms with E-state index in [0.717, 1.165) is 18.9 Å². The van der Waals surface area contributed by atoms with Crippen molar-refractivity contribution >= 4 is 17.4 Å². The Morgan fingerprint density at radius 1 is 1.44 bits per heavy atom. The highest BCUT2D eigenvalue weighted by Crippen LogP contribution is 2.37. The first-order valence-corrected chi connectivity index (χ1v) is 6.42. The van der Waals surface area contributed by atoms with Crippen LogP contribution in [0.3, 0.4) is 0 Å². The first-order chi connectivity index (χ1) is 8.54. The molecule has 2 nitrogen and oxygen atoms in total. The molecule has 0 aliphatic carbocycles. The Morgan fingerprint density at radius 3 is 2.89 bits per heavy atom. The lowest BCUT2D eigenvalue weighted by Crippen LogP contribution is -2.32. The molecule has 0 amide bonds. The highest BCUT2D eigenvalue weighted by molar-refractivity contribution is 6.17. The van der Waals surface area contributed by atoms with Gasteiger partial charge in [-0.2, -0.15) is 13.2 Å². The Morgan fingerprint density at radius 2 is 2.22 bits per heavy atom. The van der Waals surface area contributed by atoms with Gasteiger partial charge in [-0.15, -0.1) is 11.6 Å². The molecule has 1 aliphatic rings. The van der Waals surface area contributed by atoms with Gasteiger partial charge in [0.15, 0.2) is 0 Å². The number of hydrogen-bond acceptors (Lipinski definition) is 2. The van der Waals surface area contributed by atoms with Crippen molar-refractivity contribution < 1.29 is 13.2 Å². The molecular weight excluding hydrogens is 265 g/mol. The number of aromatic nitrogens is 1. The zero-order valence-corrected chi connectivity index (χ0v) is 10.5. The fraction of sp³-hybridized carbons (Fsp3) is 0.583. The summed E-state index contributed by atoms with van der Waals surface area (Å²) in [5.41, 5.74) is -0.661. The van der Waals surface area contributed by atoms with Gasteiger partial charge in [-0.25, -0.2) is 4.98 Å². The normalized spacial score (nSPS) is 20.4. The minimum atomic E-state index is -4.36. The van der Waals surface area contributed by atoms with Crippen LogP contribution >= 0.6 is 11.6 Å². The van der Waals surface area contributed by atoms with E-state index in [1.165, 1.54) is 12.3 Å². The molecule has 0 saturated carbocycles. The first kappa shape index (κ1) is 13.5. The van der Waals surface area contributed by atoms with Crippen molar-refractivity contribution in [2.75, 3.05) is 17.3 Å². The summed E-state index contributed by atoms with van der Waals surface area (Å²) in [5.74, 6) is 0.493. The van der Waals surface area contributed by atoms with E-state index in [1.807, 2.05) is 0 Å². The van der Waals surface area contributed by atoms with Gasteiger partial charge in [0, 0.05) is 24.7 Å². The third-order valence-electron chi connectivity index (χ3n) is 3.18. The van der Waals surface area contributed by atoms with Crippen LogP contribution in [0.5, 0.6) is 0 Å². The lowest BCUT2D eigenvalue weighted by Gasteiger charge is -2.27. The van der Waals surface area contributed by atoms with Crippen LogP contribution < -0.4 is 4.90 Å². The second kappa shape index (κ2) is 5.34. The second-order valence-electron chi connectivity index (χ2n) is 4.34. The molecule has 1 atom stereocenters. The molecule has 1 aromatic rings. The molecule has 100 valence electrons. The minimum absolute atomic E-state index is 0.0395. The lowest BCUT2D eigenvalue weighted by atomic mass is 10.1. The fourth-order valence-corrected chi connectivity index (χ4v) is 2.64. The highest BCUT2D eigenvalue weighted by Gasteiger charge is 2.37. The average molecular weight is 279 g/mol. The van der Waals surface area contributed by atoms with E-state index in [0.29, 0.717) is 18.8 Å². The van der Waals surface area contributed by atoms with E-state index in [1.54, 1.807) is 4.90 Å². The molecule has 6 heteroatoms. The van der Waals surface area contributed by atoms with Gasteiger partial charge in [0.05, 0.1) is 5.56 Å². The smallest absolute Gasteiger partial charge is 0.353 e. The van der Waals surface area contributed by atoms with Gasteiger partial charge in [-0.05, 0) is 31.4 Å². The number of alkyl halides is 4. The largest absolute Gasteiger partial charge is 0.419 e. The van der Waals surface area contributed by atoms with Crippen LogP contribution in [0.4, 0.5) is 19.0 Å². The quantitative estimate of drug-likeness (QED) is 0.784. The Bertz CT molecular complexity index is 409. The van der Waals surface area contributed by atoms with Crippen LogP contribution in [-0.2, 0) is 6.18 Å². The Kier molecular flexibility index (Phi) is 4.00. The van der Waals surface area contributed by atoms with Crippen LogP contribution in [0.25, 0.3) is 0 Å². The summed E-state index contributed by atoms with van der Waals surface area (Å²) >= 11 is 5.69. The van der Waals surface area contributed by atoms with Crippen LogP contribution in [0.2, 0.25) is 0 Å². The molecule has 1 aromatic heterocycles. The van der Waals surface area contributed by atoms with E-state index >= 15 is 0 Å². The third kappa shape index (κ3) is 2.71. The maximum atomic E-state index is 12.9. The zero-order valence-electron chi connectivity index (χ0n) is 9.75. The maximum Gasteiger partial charge on any atom is 0.419 e. The van der Waals surface area contributed by atoms with Gasteiger partial charge in [-0.1, -0.05) is 0 Å². The molecule has 2 rings (SSSR count). The number of nitrogens with zero attached hydrogens (tertiary/aromatic N) is 2. The summed E-state index contributed by atoms with van der Waals surface area (Å²) in [6, 6.07) is 2.47. The Labute approximate surface area is 109 Å². The van der Waals surface area contributed by atoms with Crippen LogP contribution in [-0.4, -0.2) is 23.5 Å². The van der Waals surface area contributed by atoms with Crippen LogP contribution in [0, 0.1) is 0 Å². The molecule has 1 fully saturated rings. The van der Waals surface area contributed by atoms with Gasteiger partial charge in [0.2, 0.25) is 0 Å². The van der Waals surface area contributed by atoms with Gasteiger partial charge in [-0.3, -0.25) is 0 Å². The molecule has 18 heavy (non-hydrogen) atoms. The molecule has 0 bridgehead atoms. The monoisotopic (exact) mass is 278 g/mol. The summed E-state index contributed by atoms with van der Waals surface area (Å²) in [4.78, 5) is 5.66. The van der Waals surface area contributed by atoms with E-state index in [-0.39, 0.29) is 11.9 Å². The van der Waals surface area contributed by atoms with Crippen molar-refractivity contribution in [3.8, 4) is 0 Å². The molecule has 0 spiro atoms. The third-order valence-corrected chi connectivity index (χ3v) is 3.40. The fourth-order valence-electron chi connectivity index (χ4n) is 2.39. The van der Waals surface area contributed by atoms with Crippen molar-refractivity contribution in [1.29, 1.82) is 0 Å². The molecule has 0 aromatic carbocycles. The zero-order chi connectivity index (χ0) is 13.2. The Hall–Kier alpha value is -0.970. The number of pyridine rings is 1. The first-order valence-electron chi connectivity index (χ1n) is 5.89. The van der Waals surface area contributed by atoms with E-state index < -0.39 is 11.7 Å². The maximum absolute atomic E-state index is 12.9. The lowest BCUT2D eigenvalue weighted by molar-refractivity contribution is -0.137.